The van der Waals surface area contributed by atoms with Crippen molar-refractivity contribution in [2.75, 3.05) is 0 Å². The third-order valence-electron chi connectivity index (χ3n) is 2.32. The maximum atomic E-state index is 11.0. The van der Waals surface area contributed by atoms with Gasteiger partial charge in [0.2, 0.25) is 0 Å². The molecule has 2 aromatic rings. The van der Waals surface area contributed by atoms with Crippen molar-refractivity contribution in [1.29, 1.82) is 0 Å². The Bertz CT molecular complexity index is 693. The van der Waals surface area contributed by atoms with Crippen LogP contribution < -0.4 is 0 Å². The maximum absolute atomic E-state index is 11.0. The molecule has 0 fully saturated rings. The van der Waals surface area contributed by atoms with Crippen LogP contribution in [-0.4, -0.2) is 21.0 Å². The molecule has 0 unspecified atom stereocenters. The summed E-state index contributed by atoms with van der Waals surface area (Å²) in [6.45, 7) is 0. The molecule has 102 valence electrons. The van der Waals surface area contributed by atoms with E-state index in [1.165, 1.54) is 0 Å². The average molecular weight is 355 g/mol. The number of halogens is 1. The van der Waals surface area contributed by atoms with Crippen molar-refractivity contribution in [3.63, 3.8) is 0 Å². The summed E-state index contributed by atoms with van der Waals surface area (Å²) in [6, 6.07) is 8.22. The summed E-state index contributed by atoms with van der Waals surface area (Å²) in [6.07, 6.45) is 1.11. The van der Waals surface area contributed by atoms with Crippen LogP contribution in [0.3, 0.4) is 0 Å². The number of rotatable bonds is 4. The third kappa shape index (κ3) is 3.14. The normalized spacial score (nSPS) is 10.2. The van der Waals surface area contributed by atoms with E-state index in [-0.39, 0.29) is 16.3 Å². The molecule has 0 saturated carbocycles. The third-order valence-corrected chi connectivity index (χ3v) is 4.36. The minimum Gasteiger partial charge on any atom is -0.478 e. The van der Waals surface area contributed by atoms with E-state index in [0.717, 1.165) is 33.4 Å². The minimum atomic E-state index is -1.25. The smallest absolute Gasteiger partial charge is 0.337 e. The first-order valence-electron chi connectivity index (χ1n) is 5.29. The Balaban J connectivity index is 2.44. The molecule has 8 heteroatoms. The molecular weight excluding hydrogens is 348 g/mol. The predicted octanol–water partition coefficient (Wildman–Crippen LogP) is 3.60. The van der Waals surface area contributed by atoms with Crippen LogP contribution in [-0.2, 0) is 0 Å². The van der Waals surface area contributed by atoms with Gasteiger partial charge in [-0.15, -0.1) is 0 Å². The van der Waals surface area contributed by atoms with Crippen molar-refractivity contribution >= 4 is 39.3 Å². The van der Waals surface area contributed by atoms with Crippen LogP contribution in [0.25, 0.3) is 0 Å². The number of aromatic nitrogens is 1. The second-order valence-corrected chi connectivity index (χ2v) is 5.53. The first kappa shape index (κ1) is 14.5. The van der Waals surface area contributed by atoms with Crippen molar-refractivity contribution in [3.8, 4) is 0 Å². The van der Waals surface area contributed by atoms with Gasteiger partial charge in [0.05, 0.1) is 10.5 Å². The zero-order valence-electron chi connectivity index (χ0n) is 9.82. The fraction of sp³-hybridized carbons (Fsp3) is 0. The lowest BCUT2D eigenvalue weighted by Crippen LogP contribution is -2.01. The van der Waals surface area contributed by atoms with E-state index in [1.54, 1.807) is 18.2 Å². The zero-order valence-corrected chi connectivity index (χ0v) is 12.2. The average Bonchev–Trinajstić information content (AvgIpc) is 2.41. The number of hydrogen-bond acceptors (Lipinski definition) is 5. The van der Waals surface area contributed by atoms with E-state index >= 15 is 0 Å². The van der Waals surface area contributed by atoms with Gasteiger partial charge in [-0.2, -0.15) is 0 Å². The molecule has 0 spiro atoms. The quantitative estimate of drug-likeness (QED) is 0.665. The van der Waals surface area contributed by atoms with Gasteiger partial charge in [0, 0.05) is 21.6 Å². The van der Waals surface area contributed by atoms with E-state index in [0.29, 0.717) is 0 Å². The number of nitro groups is 1. The summed E-state index contributed by atoms with van der Waals surface area (Å²) in [4.78, 5) is 25.8. The first-order valence-corrected chi connectivity index (χ1v) is 6.90. The molecule has 0 amide bonds. The molecule has 1 aromatic heterocycles. The summed E-state index contributed by atoms with van der Waals surface area (Å²) in [5.74, 6) is -1.25. The lowest BCUT2D eigenvalue weighted by Gasteiger charge is -2.04. The van der Waals surface area contributed by atoms with Crippen LogP contribution in [0.15, 0.2) is 50.9 Å². The van der Waals surface area contributed by atoms with Gasteiger partial charge in [-0.3, -0.25) is 10.1 Å². The molecule has 0 aliphatic rings. The summed E-state index contributed by atoms with van der Waals surface area (Å²) in [7, 11) is 0. The Morgan fingerprint density at radius 3 is 2.70 bits per heavy atom. The fourth-order valence-electron chi connectivity index (χ4n) is 1.40. The molecule has 0 bridgehead atoms. The second kappa shape index (κ2) is 6.02. The number of carboxylic acids is 1. The molecule has 1 aromatic carbocycles. The van der Waals surface area contributed by atoms with Crippen molar-refractivity contribution < 1.29 is 14.8 Å². The van der Waals surface area contributed by atoms with Gasteiger partial charge >= 0.3 is 11.7 Å². The monoisotopic (exact) mass is 354 g/mol. The molecule has 0 atom stereocenters. The van der Waals surface area contributed by atoms with Crippen LogP contribution in [0.5, 0.6) is 0 Å². The molecule has 2 rings (SSSR count). The Hall–Kier alpha value is -1.93. The van der Waals surface area contributed by atoms with Crippen molar-refractivity contribution in [2.24, 2.45) is 0 Å². The molecule has 1 N–H and O–H groups in total. The van der Waals surface area contributed by atoms with E-state index in [2.05, 4.69) is 20.9 Å². The maximum Gasteiger partial charge on any atom is 0.337 e. The summed E-state index contributed by atoms with van der Waals surface area (Å²) in [5, 5.41) is 20.0. The van der Waals surface area contributed by atoms with Crippen molar-refractivity contribution in [1.82, 2.24) is 4.98 Å². The van der Waals surface area contributed by atoms with E-state index in [1.807, 2.05) is 6.07 Å². The standard InChI is InChI=1S/C12H7BrN2O4S/c13-8-3-1-2-4-10(8)20-11-9(15(18)19)5-7(6-14-11)12(16)17/h1-6H,(H,16,17). The molecule has 0 aliphatic heterocycles. The second-order valence-electron chi connectivity index (χ2n) is 3.64. The van der Waals surface area contributed by atoms with Gasteiger partial charge in [-0.05, 0) is 28.1 Å². The number of benzene rings is 1. The molecular formula is C12H7BrN2O4S. The Labute approximate surface area is 126 Å². The number of carbonyl (C=O) groups is 1. The molecule has 0 radical (unpaired) electrons. The van der Waals surface area contributed by atoms with Crippen molar-refractivity contribution in [2.45, 2.75) is 9.92 Å². The number of carboxylic acid groups (broad SMARTS) is 1. The predicted molar refractivity (Wildman–Crippen MR) is 76.1 cm³/mol. The van der Waals surface area contributed by atoms with Gasteiger partial charge in [0.15, 0.2) is 5.03 Å². The Kier molecular flexibility index (Phi) is 4.35. The Morgan fingerprint density at radius 2 is 2.10 bits per heavy atom. The first-order chi connectivity index (χ1) is 9.49. The number of pyridine rings is 1. The summed E-state index contributed by atoms with van der Waals surface area (Å²) in [5.41, 5.74) is -0.543. The number of aromatic carboxylic acids is 1. The van der Waals surface area contributed by atoms with Gasteiger partial charge in [0.25, 0.3) is 0 Å². The molecule has 6 nitrogen and oxygen atoms in total. The zero-order chi connectivity index (χ0) is 14.7. The van der Waals surface area contributed by atoms with E-state index < -0.39 is 10.9 Å². The van der Waals surface area contributed by atoms with Crippen LogP contribution in [0, 0.1) is 10.1 Å². The lowest BCUT2D eigenvalue weighted by molar-refractivity contribution is -0.388. The SMILES string of the molecule is O=C(O)c1cnc(Sc2ccccc2Br)c([N+](=O)[O-])c1. The van der Waals surface area contributed by atoms with Crippen LogP contribution in [0.4, 0.5) is 5.69 Å². The minimum absolute atomic E-state index is 0.145. The molecule has 20 heavy (non-hydrogen) atoms. The number of hydrogen-bond donors (Lipinski definition) is 1. The topological polar surface area (TPSA) is 93.3 Å². The van der Waals surface area contributed by atoms with Crippen molar-refractivity contribution in [3.05, 3.63) is 56.7 Å². The number of nitrogens with zero attached hydrogens (tertiary/aromatic N) is 2. The summed E-state index contributed by atoms with van der Waals surface area (Å²) < 4.78 is 0.781. The Morgan fingerprint density at radius 1 is 1.40 bits per heavy atom. The van der Waals surface area contributed by atoms with E-state index in [9.17, 15) is 14.9 Å². The highest BCUT2D eigenvalue weighted by Crippen LogP contribution is 2.36. The highest BCUT2D eigenvalue weighted by atomic mass is 79.9. The highest BCUT2D eigenvalue weighted by Gasteiger charge is 2.20. The summed E-state index contributed by atoms with van der Waals surface area (Å²) >= 11 is 4.44. The molecule has 1 heterocycles. The van der Waals surface area contributed by atoms with Crippen LogP contribution in [0.2, 0.25) is 0 Å². The van der Waals surface area contributed by atoms with Crippen LogP contribution in [0.1, 0.15) is 10.4 Å². The van der Waals surface area contributed by atoms with Gasteiger partial charge in [0.1, 0.15) is 0 Å². The molecule has 0 saturated heterocycles. The fourth-order valence-corrected chi connectivity index (χ4v) is 2.79. The molecule has 0 aliphatic carbocycles. The van der Waals surface area contributed by atoms with E-state index in [4.69, 9.17) is 5.11 Å². The highest BCUT2D eigenvalue weighted by molar-refractivity contribution is 9.10. The van der Waals surface area contributed by atoms with Gasteiger partial charge < -0.3 is 5.11 Å². The van der Waals surface area contributed by atoms with Gasteiger partial charge in [-0.25, -0.2) is 9.78 Å². The lowest BCUT2D eigenvalue weighted by atomic mass is 10.3. The van der Waals surface area contributed by atoms with Gasteiger partial charge in [-0.1, -0.05) is 23.9 Å². The van der Waals surface area contributed by atoms with Crippen LogP contribution >= 0.6 is 27.7 Å². The largest absolute Gasteiger partial charge is 0.478 e.